The minimum atomic E-state index is -4.52. The summed E-state index contributed by atoms with van der Waals surface area (Å²) in [6.07, 6.45) is 1.27. The number of halogens is 3. The van der Waals surface area contributed by atoms with Crippen LogP contribution in [0.5, 0.6) is 0 Å². The molecule has 0 atom stereocenters. The van der Waals surface area contributed by atoms with Crippen LogP contribution in [-0.2, 0) is 25.6 Å². The Labute approximate surface area is 161 Å². The van der Waals surface area contributed by atoms with E-state index in [0.29, 0.717) is 11.6 Å². The molecule has 1 aromatic heterocycles. The molecule has 0 spiro atoms. The SMILES string of the molecule is O=C(NCc1ccc(C(F)(F)F)o1)c1ccc2c(c1)CCN(C1CCC1)CC2. The fourth-order valence-electron chi connectivity index (χ4n) is 3.90. The maximum absolute atomic E-state index is 12.6. The van der Waals surface area contributed by atoms with Crippen LogP contribution in [0.4, 0.5) is 13.2 Å². The lowest BCUT2D eigenvalue weighted by molar-refractivity contribution is -0.153. The standard InChI is InChI=1S/C21H23F3N2O2/c22-21(23,24)19-7-6-18(28-19)13-25-20(27)16-5-4-14-8-10-26(17-2-1-3-17)11-9-15(14)12-16/h4-7,12,17H,1-3,8-11,13H2,(H,25,27). The van der Waals surface area contributed by atoms with Crippen molar-refractivity contribution < 1.29 is 22.4 Å². The molecule has 2 aromatic rings. The first-order valence-corrected chi connectivity index (χ1v) is 9.70. The molecule has 150 valence electrons. The van der Waals surface area contributed by atoms with E-state index in [0.717, 1.165) is 32.0 Å². The molecule has 1 aliphatic heterocycles. The van der Waals surface area contributed by atoms with Crippen LogP contribution in [-0.4, -0.2) is 29.9 Å². The van der Waals surface area contributed by atoms with Gasteiger partial charge in [0.15, 0.2) is 0 Å². The number of amides is 1. The monoisotopic (exact) mass is 392 g/mol. The summed E-state index contributed by atoms with van der Waals surface area (Å²) in [7, 11) is 0. The zero-order chi connectivity index (χ0) is 19.7. The lowest BCUT2D eigenvalue weighted by Gasteiger charge is -2.36. The van der Waals surface area contributed by atoms with Crippen LogP contribution in [0.3, 0.4) is 0 Å². The van der Waals surface area contributed by atoms with Crippen molar-refractivity contribution in [2.24, 2.45) is 0 Å². The molecule has 1 saturated carbocycles. The van der Waals surface area contributed by atoms with Gasteiger partial charge in [-0.1, -0.05) is 12.5 Å². The Morgan fingerprint density at radius 3 is 2.50 bits per heavy atom. The maximum atomic E-state index is 12.6. The summed E-state index contributed by atoms with van der Waals surface area (Å²) in [5.41, 5.74) is 2.99. The second-order valence-corrected chi connectivity index (χ2v) is 7.55. The van der Waals surface area contributed by atoms with Crippen LogP contribution in [0, 0.1) is 0 Å². The van der Waals surface area contributed by atoms with Gasteiger partial charge in [-0.25, -0.2) is 0 Å². The molecule has 0 unspecified atom stereocenters. The first-order valence-electron chi connectivity index (χ1n) is 9.70. The number of nitrogens with one attached hydrogen (secondary N) is 1. The van der Waals surface area contributed by atoms with E-state index in [9.17, 15) is 18.0 Å². The Balaban J connectivity index is 1.38. The number of nitrogens with zero attached hydrogens (tertiary/aromatic N) is 1. The van der Waals surface area contributed by atoms with Gasteiger partial charge in [0.25, 0.3) is 5.91 Å². The van der Waals surface area contributed by atoms with Gasteiger partial charge in [0.05, 0.1) is 6.54 Å². The molecule has 1 aromatic carbocycles. The highest BCUT2D eigenvalue weighted by Crippen LogP contribution is 2.30. The summed E-state index contributed by atoms with van der Waals surface area (Å²) in [5.74, 6) is -1.29. The molecule has 28 heavy (non-hydrogen) atoms. The number of fused-ring (bicyclic) bond motifs is 1. The third-order valence-electron chi connectivity index (χ3n) is 5.76. The first-order chi connectivity index (χ1) is 13.4. The molecule has 2 aliphatic rings. The third kappa shape index (κ3) is 4.09. The fraction of sp³-hybridized carbons (Fsp3) is 0.476. The molecule has 0 radical (unpaired) electrons. The lowest BCUT2D eigenvalue weighted by atomic mass is 9.91. The highest BCUT2D eigenvalue weighted by molar-refractivity contribution is 5.94. The summed E-state index contributed by atoms with van der Waals surface area (Å²) in [5, 5.41) is 2.64. The van der Waals surface area contributed by atoms with Gasteiger partial charge in [0.2, 0.25) is 5.76 Å². The Morgan fingerprint density at radius 2 is 1.86 bits per heavy atom. The van der Waals surface area contributed by atoms with E-state index in [1.807, 2.05) is 12.1 Å². The van der Waals surface area contributed by atoms with Crippen molar-refractivity contribution in [3.05, 3.63) is 58.5 Å². The predicted molar refractivity (Wildman–Crippen MR) is 97.9 cm³/mol. The zero-order valence-electron chi connectivity index (χ0n) is 15.5. The number of alkyl halides is 3. The molecular formula is C21H23F3N2O2. The van der Waals surface area contributed by atoms with E-state index in [-0.39, 0.29) is 18.2 Å². The summed E-state index contributed by atoms with van der Waals surface area (Å²) in [6.45, 7) is 1.99. The van der Waals surface area contributed by atoms with Crippen LogP contribution in [0.2, 0.25) is 0 Å². The summed E-state index contributed by atoms with van der Waals surface area (Å²) >= 11 is 0. The molecule has 1 amide bonds. The highest BCUT2D eigenvalue weighted by atomic mass is 19.4. The highest BCUT2D eigenvalue weighted by Gasteiger charge is 2.34. The zero-order valence-corrected chi connectivity index (χ0v) is 15.5. The molecule has 1 aliphatic carbocycles. The Kier molecular flexibility index (Phi) is 5.19. The van der Waals surface area contributed by atoms with Gasteiger partial charge < -0.3 is 9.73 Å². The maximum Gasteiger partial charge on any atom is 0.449 e. The van der Waals surface area contributed by atoms with E-state index >= 15 is 0 Å². The van der Waals surface area contributed by atoms with Crippen molar-refractivity contribution in [3.8, 4) is 0 Å². The number of hydrogen-bond acceptors (Lipinski definition) is 3. The van der Waals surface area contributed by atoms with Gasteiger partial charge >= 0.3 is 6.18 Å². The number of benzene rings is 1. The van der Waals surface area contributed by atoms with E-state index < -0.39 is 11.9 Å². The van der Waals surface area contributed by atoms with Gasteiger partial charge in [0, 0.05) is 24.7 Å². The minimum absolute atomic E-state index is 0.0755. The van der Waals surface area contributed by atoms with E-state index in [1.165, 1.54) is 36.5 Å². The number of hydrogen-bond donors (Lipinski definition) is 1. The summed E-state index contributed by atoms with van der Waals surface area (Å²) in [4.78, 5) is 15.0. The van der Waals surface area contributed by atoms with Crippen LogP contribution in [0.25, 0.3) is 0 Å². The normalized spacial score (nSPS) is 18.2. The molecule has 7 heteroatoms. The lowest BCUT2D eigenvalue weighted by Crippen LogP contribution is -2.41. The number of rotatable bonds is 4. The van der Waals surface area contributed by atoms with E-state index in [2.05, 4.69) is 10.2 Å². The number of carbonyl (C=O) groups is 1. The van der Waals surface area contributed by atoms with Crippen molar-refractivity contribution in [1.29, 1.82) is 0 Å². The Hall–Kier alpha value is -2.28. The average Bonchev–Trinajstić information content (AvgIpc) is 3.01. The second-order valence-electron chi connectivity index (χ2n) is 7.55. The summed E-state index contributed by atoms with van der Waals surface area (Å²) < 4.78 is 42.5. The molecule has 2 heterocycles. The molecule has 4 rings (SSSR count). The molecule has 0 bridgehead atoms. The predicted octanol–water partition coefficient (Wildman–Crippen LogP) is 4.18. The summed E-state index contributed by atoms with van der Waals surface area (Å²) in [6, 6.07) is 8.53. The minimum Gasteiger partial charge on any atom is -0.455 e. The fourth-order valence-corrected chi connectivity index (χ4v) is 3.90. The topological polar surface area (TPSA) is 45.5 Å². The van der Waals surface area contributed by atoms with Crippen LogP contribution in [0.15, 0.2) is 34.7 Å². The van der Waals surface area contributed by atoms with Gasteiger partial charge in [-0.3, -0.25) is 9.69 Å². The van der Waals surface area contributed by atoms with Gasteiger partial charge in [0.1, 0.15) is 5.76 Å². The average molecular weight is 392 g/mol. The van der Waals surface area contributed by atoms with E-state index in [1.54, 1.807) is 6.07 Å². The first kappa shape index (κ1) is 19.1. The quantitative estimate of drug-likeness (QED) is 0.849. The van der Waals surface area contributed by atoms with Crippen LogP contribution >= 0.6 is 0 Å². The molecular weight excluding hydrogens is 369 g/mol. The number of furan rings is 1. The molecule has 0 saturated heterocycles. The second kappa shape index (κ2) is 7.62. The molecule has 1 N–H and O–H groups in total. The van der Waals surface area contributed by atoms with Crippen LogP contribution in [0.1, 0.15) is 52.3 Å². The van der Waals surface area contributed by atoms with Crippen molar-refractivity contribution in [1.82, 2.24) is 10.2 Å². The van der Waals surface area contributed by atoms with Crippen molar-refractivity contribution in [3.63, 3.8) is 0 Å². The van der Waals surface area contributed by atoms with Crippen LogP contribution < -0.4 is 5.32 Å². The largest absolute Gasteiger partial charge is 0.455 e. The molecule has 4 nitrogen and oxygen atoms in total. The van der Waals surface area contributed by atoms with Gasteiger partial charge in [-0.15, -0.1) is 0 Å². The van der Waals surface area contributed by atoms with E-state index in [4.69, 9.17) is 4.42 Å². The number of carbonyl (C=O) groups excluding carboxylic acids is 1. The van der Waals surface area contributed by atoms with Crippen molar-refractivity contribution in [2.75, 3.05) is 13.1 Å². The molecule has 1 fully saturated rings. The van der Waals surface area contributed by atoms with Crippen molar-refractivity contribution >= 4 is 5.91 Å². The van der Waals surface area contributed by atoms with Crippen molar-refractivity contribution in [2.45, 2.75) is 50.9 Å². The smallest absolute Gasteiger partial charge is 0.449 e. The van der Waals surface area contributed by atoms with Gasteiger partial charge in [-0.05, 0) is 61.1 Å². The third-order valence-corrected chi connectivity index (χ3v) is 5.76. The Bertz CT molecular complexity index is 856. The van der Waals surface area contributed by atoms with Gasteiger partial charge in [-0.2, -0.15) is 13.2 Å². The Morgan fingerprint density at radius 1 is 1.11 bits per heavy atom.